The van der Waals surface area contributed by atoms with Crippen LogP contribution in [-0.2, 0) is 4.79 Å². The molecule has 5 heteroatoms. The van der Waals surface area contributed by atoms with Crippen molar-refractivity contribution in [2.45, 2.75) is 12.8 Å². The van der Waals surface area contributed by atoms with E-state index in [1.54, 1.807) is 0 Å². The number of hydrogen-bond donors (Lipinski definition) is 1. The summed E-state index contributed by atoms with van der Waals surface area (Å²) in [6.07, 6.45) is 0. The van der Waals surface area contributed by atoms with Crippen LogP contribution in [0.15, 0.2) is 12.1 Å². The molecule has 15 heavy (non-hydrogen) atoms. The monoisotopic (exact) mass is 211 g/mol. The Morgan fingerprint density at radius 1 is 1.47 bits per heavy atom. The molecule has 0 aliphatic heterocycles. The van der Waals surface area contributed by atoms with Crippen LogP contribution in [0.4, 0.5) is 8.78 Å². The molecule has 0 aliphatic carbocycles. The van der Waals surface area contributed by atoms with Gasteiger partial charge in [0.25, 0.3) is 0 Å². The van der Waals surface area contributed by atoms with E-state index in [0.29, 0.717) is 6.07 Å². The molecule has 0 aromatic heterocycles. The van der Waals surface area contributed by atoms with E-state index in [0.717, 1.165) is 6.07 Å². The third kappa shape index (κ3) is 2.10. The van der Waals surface area contributed by atoms with Crippen molar-refractivity contribution in [3.63, 3.8) is 0 Å². The highest BCUT2D eigenvalue weighted by Gasteiger charge is 2.20. The molecule has 0 amide bonds. The minimum atomic E-state index is -1.25. The van der Waals surface area contributed by atoms with E-state index in [1.807, 2.05) is 0 Å². The lowest BCUT2D eigenvalue weighted by Crippen LogP contribution is -2.10. The smallest absolute Gasteiger partial charge is 0.310 e. The Bertz CT molecular complexity index is 451. The minimum Gasteiger partial charge on any atom is -0.481 e. The van der Waals surface area contributed by atoms with Crippen molar-refractivity contribution in [3.8, 4) is 6.07 Å². The lowest BCUT2D eigenvalue weighted by Gasteiger charge is -2.08. The van der Waals surface area contributed by atoms with E-state index in [4.69, 9.17) is 10.4 Å². The van der Waals surface area contributed by atoms with Crippen molar-refractivity contribution in [1.29, 1.82) is 5.26 Å². The summed E-state index contributed by atoms with van der Waals surface area (Å²) in [5.41, 5.74) is -0.701. The van der Waals surface area contributed by atoms with Crippen molar-refractivity contribution in [3.05, 3.63) is 34.9 Å². The molecule has 1 N–H and O–H groups in total. The predicted molar refractivity (Wildman–Crippen MR) is 47.1 cm³/mol. The van der Waals surface area contributed by atoms with Gasteiger partial charge in [0, 0.05) is 5.56 Å². The summed E-state index contributed by atoms with van der Waals surface area (Å²) in [5.74, 6) is -4.20. The maximum atomic E-state index is 13.2. The maximum absolute atomic E-state index is 13.2. The first-order valence-corrected chi connectivity index (χ1v) is 4.09. The van der Waals surface area contributed by atoms with Gasteiger partial charge in [0.15, 0.2) is 0 Å². The number of halogens is 2. The second-order valence-corrected chi connectivity index (χ2v) is 3.03. The molecule has 0 spiro atoms. The summed E-state index contributed by atoms with van der Waals surface area (Å²) in [4.78, 5) is 10.6. The van der Waals surface area contributed by atoms with Crippen LogP contribution in [0.1, 0.15) is 24.0 Å². The van der Waals surface area contributed by atoms with Crippen LogP contribution in [0.5, 0.6) is 0 Å². The molecular formula is C10H7F2NO2. The molecule has 1 unspecified atom stereocenters. The lowest BCUT2D eigenvalue weighted by molar-refractivity contribution is -0.138. The Morgan fingerprint density at radius 3 is 2.53 bits per heavy atom. The zero-order valence-electron chi connectivity index (χ0n) is 7.79. The number of aliphatic carboxylic acids is 1. The molecular weight excluding hydrogens is 204 g/mol. The van der Waals surface area contributed by atoms with Crippen molar-refractivity contribution < 1.29 is 18.7 Å². The third-order valence-electron chi connectivity index (χ3n) is 2.04. The number of rotatable bonds is 2. The molecule has 0 saturated carbocycles. The number of hydrogen-bond acceptors (Lipinski definition) is 2. The fourth-order valence-electron chi connectivity index (χ4n) is 1.11. The van der Waals surface area contributed by atoms with Gasteiger partial charge in [0.05, 0.1) is 11.5 Å². The van der Waals surface area contributed by atoms with Gasteiger partial charge in [-0.25, -0.2) is 8.78 Å². The Morgan fingerprint density at radius 2 is 2.07 bits per heavy atom. The quantitative estimate of drug-likeness (QED) is 0.814. The van der Waals surface area contributed by atoms with Crippen LogP contribution in [-0.4, -0.2) is 11.1 Å². The Kier molecular flexibility index (Phi) is 3.00. The molecule has 1 atom stereocenters. The topological polar surface area (TPSA) is 61.1 Å². The second kappa shape index (κ2) is 4.05. The van der Waals surface area contributed by atoms with E-state index >= 15 is 0 Å². The van der Waals surface area contributed by atoms with Gasteiger partial charge in [0.2, 0.25) is 0 Å². The number of carboxylic acids is 1. The van der Waals surface area contributed by atoms with Gasteiger partial charge < -0.3 is 5.11 Å². The SMILES string of the molecule is CC(C(=O)O)c1cc(F)c(C#N)cc1F. The number of nitrogens with zero attached hydrogens (tertiary/aromatic N) is 1. The van der Waals surface area contributed by atoms with Gasteiger partial charge in [-0.05, 0) is 19.1 Å². The van der Waals surface area contributed by atoms with Crippen LogP contribution in [0.25, 0.3) is 0 Å². The molecule has 0 saturated heterocycles. The number of nitriles is 1. The van der Waals surface area contributed by atoms with E-state index in [2.05, 4.69) is 0 Å². The van der Waals surface area contributed by atoms with Crippen molar-refractivity contribution in [1.82, 2.24) is 0 Å². The molecule has 3 nitrogen and oxygen atoms in total. The summed E-state index contributed by atoms with van der Waals surface area (Å²) < 4.78 is 26.3. The number of carbonyl (C=O) groups is 1. The normalized spacial score (nSPS) is 11.9. The summed E-state index contributed by atoms with van der Waals surface area (Å²) in [6, 6.07) is 2.91. The third-order valence-corrected chi connectivity index (χ3v) is 2.04. The van der Waals surface area contributed by atoms with Crippen LogP contribution < -0.4 is 0 Å². The molecule has 78 valence electrons. The Hall–Kier alpha value is -1.96. The van der Waals surface area contributed by atoms with Gasteiger partial charge >= 0.3 is 5.97 Å². The minimum absolute atomic E-state index is 0.265. The molecule has 1 rings (SSSR count). The fourth-order valence-corrected chi connectivity index (χ4v) is 1.11. The average molecular weight is 211 g/mol. The summed E-state index contributed by atoms with van der Waals surface area (Å²) in [6.45, 7) is 1.24. The van der Waals surface area contributed by atoms with Crippen molar-refractivity contribution in [2.24, 2.45) is 0 Å². The van der Waals surface area contributed by atoms with Crippen LogP contribution >= 0.6 is 0 Å². The number of carboxylic acid groups (broad SMARTS) is 1. The Labute approximate surface area is 84.6 Å². The van der Waals surface area contributed by atoms with Crippen molar-refractivity contribution in [2.75, 3.05) is 0 Å². The van der Waals surface area contributed by atoms with Gasteiger partial charge in [-0.15, -0.1) is 0 Å². The van der Waals surface area contributed by atoms with E-state index < -0.39 is 29.1 Å². The maximum Gasteiger partial charge on any atom is 0.310 e. The highest BCUT2D eigenvalue weighted by molar-refractivity contribution is 5.75. The van der Waals surface area contributed by atoms with E-state index in [1.165, 1.54) is 13.0 Å². The van der Waals surface area contributed by atoms with Crippen LogP contribution in [0.2, 0.25) is 0 Å². The molecule has 0 heterocycles. The lowest BCUT2D eigenvalue weighted by atomic mass is 9.99. The first-order valence-electron chi connectivity index (χ1n) is 4.09. The number of benzene rings is 1. The average Bonchev–Trinajstić information content (AvgIpc) is 2.19. The summed E-state index contributed by atoms with van der Waals surface area (Å²) in [7, 11) is 0. The largest absolute Gasteiger partial charge is 0.481 e. The summed E-state index contributed by atoms with van der Waals surface area (Å²) >= 11 is 0. The van der Waals surface area contributed by atoms with Crippen LogP contribution in [0, 0.1) is 23.0 Å². The zero-order valence-corrected chi connectivity index (χ0v) is 7.79. The molecule has 0 radical (unpaired) electrons. The van der Waals surface area contributed by atoms with E-state index in [9.17, 15) is 13.6 Å². The summed E-state index contributed by atoms with van der Waals surface area (Å²) in [5, 5.41) is 17.0. The van der Waals surface area contributed by atoms with E-state index in [-0.39, 0.29) is 5.56 Å². The Balaban J connectivity index is 3.29. The highest BCUT2D eigenvalue weighted by atomic mass is 19.1. The highest BCUT2D eigenvalue weighted by Crippen LogP contribution is 2.22. The molecule has 0 bridgehead atoms. The fraction of sp³-hybridized carbons (Fsp3) is 0.200. The first-order chi connectivity index (χ1) is 6.97. The van der Waals surface area contributed by atoms with Gasteiger partial charge in [-0.3, -0.25) is 4.79 Å². The molecule has 0 fully saturated rings. The van der Waals surface area contributed by atoms with Gasteiger partial charge in [0.1, 0.15) is 17.7 Å². The molecule has 0 aliphatic rings. The standard InChI is InChI=1S/C10H7F2NO2/c1-5(10(14)15)7-3-8(11)6(4-13)2-9(7)12/h2-3,5H,1H3,(H,14,15). The van der Waals surface area contributed by atoms with Crippen molar-refractivity contribution >= 4 is 5.97 Å². The van der Waals surface area contributed by atoms with Gasteiger partial charge in [-0.1, -0.05) is 0 Å². The van der Waals surface area contributed by atoms with Gasteiger partial charge in [-0.2, -0.15) is 5.26 Å². The predicted octanol–water partition coefficient (Wildman–Crippen LogP) is 2.02. The zero-order chi connectivity index (χ0) is 11.6. The van der Waals surface area contributed by atoms with Crippen LogP contribution in [0.3, 0.4) is 0 Å². The first kappa shape index (κ1) is 11.1. The molecule has 1 aromatic carbocycles. The molecule has 1 aromatic rings. The second-order valence-electron chi connectivity index (χ2n) is 3.03.